The SMILES string of the molecule is CC(C)(N)c1ccc(-c2c3ccccc3c(-c3ccc4cc(-c5cccc6c5oc5ccccc56)ccc4c3)c3ccccc23)cc1. The largest absolute Gasteiger partial charge is 0.455 e. The third kappa shape index (κ3) is 4.45. The van der Waals surface area contributed by atoms with Crippen LogP contribution >= 0.6 is 0 Å². The summed E-state index contributed by atoms with van der Waals surface area (Å²) in [4.78, 5) is 0. The molecule has 224 valence electrons. The van der Waals surface area contributed by atoms with Crippen LogP contribution in [0.25, 0.3) is 87.6 Å². The maximum atomic E-state index is 6.42. The van der Waals surface area contributed by atoms with Crippen molar-refractivity contribution in [1.82, 2.24) is 0 Å². The standard InChI is InChI=1S/C45H33NO/c1-45(2,46)33-24-22-28(23-25-33)42-36-11-3-5-13-38(36)43(39-14-6-4-12-37(39)42)32-21-19-29-26-31(20-18-30(29)27-32)34-15-9-16-40-35-10-7-8-17-41(35)47-44(34)40/h3-27H,46H2,1-2H3. The van der Waals surface area contributed by atoms with Crippen molar-refractivity contribution < 1.29 is 4.42 Å². The predicted octanol–water partition coefficient (Wildman–Crippen LogP) is 12.2. The van der Waals surface area contributed by atoms with Crippen molar-refractivity contribution in [2.75, 3.05) is 0 Å². The molecular formula is C45H33NO. The third-order valence-corrected chi connectivity index (χ3v) is 9.69. The van der Waals surface area contributed by atoms with Crippen LogP contribution in [0.3, 0.4) is 0 Å². The van der Waals surface area contributed by atoms with E-state index in [2.05, 4.69) is 140 Å². The summed E-state index contributed by atoms with van der Waals surface area (Å²) < 4.78 is 6.37. The van der Waals surface area contributed by atoms with Gasteiger partial charge in [-0.2, -0.15) is 0 Å². The number of nitrogens with two attached hydrogens (primary N) is 1. The maximum Gasteiger partial charge on any atom is 0.143 e. The molecule has 9 rings (SSSR count). The Morgan fingerprint density at radius 1 is 0.447 bits per heavy atom. The molecule has 0 aliphatic heterocycles. The highest BCUT2D eigenvalue weighted by atomic mass is 16.3. The lowest BCUT2D eigenvalue weighted by atomic mass is 9.85. The van der Waals surface area contributed by atoms with Gasteiger partial charge in [-0.3, -0.25) is 0 Å². The molecule has 0 radical (unpaired) electrons. The van der Waals surface area contributed by atoms with E-state index in [1.807, 2.05) is 26.0 Å². The summed E-state index contributed by atoms with van der Waals surface area (Å²) in [7, 11) is 0. The first-order chi connectivity index (χ1) is 22.9. The summed E-state index contributed by atoms with van der Waals surface area (Å²) in [5.41, 5.74) is 16.2. The van der Waals surface area contributed by atoms with Crippen molar-refractivity contribution >= 4 is 54.3 Å². The van der Waals surface area contributed by atoms with Crippen LogP contribution in [0.5, 0.6) is 0 Å². The van der Waals surface area contributed by atoms with Gasteiger partial charge in [0, 0.05) is 21.9 Å². The fourth-order valence-electron chi connectivity index (χ4n) is 7.36. The van der Waals surface area contributed by atoms with Crippen molar-refractivity contribution in [3.63, 3.8) is 0 Å². The van der Waals surface area contributed by atoms with Crippen molar-refractivity contribution in [1.29, 1.82) is 0 Å². The van der Waals surface area contributed by atoms with Gasteiger partial charge >= 0.3 is 0 Å². The first kappa shape index (κ1) is 27.6. The van der Waals surface area contributed by atoms with E-state index in [1.165, 1.54) is 54.6 Å². The van der Waals surface area contributed by atoms with Crippen LogP contribution in [-0.4, -0.2) is 0 Å². The molecule has 1 aromatic heterocycles. The number of para-hydroxylation sites is 2. The topological polar surface area (TPSA) is 39.2 Å². The van der Waals surface area contributed by atoms with E-state index in [0.717, 1.165) is 38.6 Å². The molecular weight excluding hydrogens is 571 g/mol. The average Bonchev–Trinajstić information content (AvgIpc) is 3.49. The summed E-state index contributed by atoms with van der Waals surface area (Å²) in [6, 6.07) is 54.7. The predicted molar refractivity (Wildman–Crippen MR) is 200 cm³/mol. The highest BCUT2D eigenvalue weighted by Gasteiger charge is 2.19. The van der Waals surface area contributed by atoms with E-state index in [0.29, 0.717) is 0 Å². The minimum atomic E-state index is -0.385. The van der Waals surface area contributed by atoms with Gasteiger partial charge in [-0.25, -0.2) is 0 Å². The molecule has 0 amide bonds. The Bertz CT molecular complexity index is 2600. The van der Waals surface area contributed by atoms with Gasteiger partial charge < -0.3 is 10.2 Å². The van der Waals surface area contributed by atoms with E-state index >= 15 is 0 Å². The van der Waals surface area contributed by atoms with Gasteiger partial charge in [-0.15, -0.1) is 0 Å². The lowest BCUT2D eigenvalue weighted by molar-refractivity contribution is 0.554. The second kappa shape index (κ2) is 10.4. The molecule has 9 aromatic rings. The molecule has 0 atom stereocenters. The molecule has 47 heavy (non-hydrogen) atoms. The Balaban J connectivity index is 1.21. The van der Waals surface area contributed by atoms with E-state index in [1.54, 1.807) is 0 Å². The molecule has 0 bridgehead atoms. The van der Waals surface area contributed by atoms with Gasteiger partial charge in [0.2, 0.25) is 0 Å². The number of hydrogen-bond donors (Lipinski definition) is 1. The maximum absolute atomic E-state index is 6.42. The fourth-order valence-corrected chi connectivity index (χ4v) is 7.36. The molecule has 0 aliphatic carbocycles. The Hall–Kier alpha value is -5.70. The van der Waals surface area contributed by atoms with Gasteiger partial charge in [-0.1, -0.05) is 133 Å². The van der Waals surface area contributed by atoms with E-state index in [-0.39, 0.29) is 5.54 Å². The van der Waals surface area contributed by atoms with Gasteiger partial charge in [-0.05, 0) is 97.7 Å². The second-order valence-electron chi connectivity index (χ2n) is 13.2. The molecule has 0 saturated carbocycles. The molecule has 8 aromatic carbocycles. The zero-order valence-electron chi connectivity index (χ0n) is 26.4. The van der Waals surface area contributed by atoms with Gasteiger partial charge in [0.1, 0.15) is 11.2 Å². The monoisotopic (exact) mass is 603 g/mol. The average molecular weight is 604 g/mol. The van der Waals surface area contributed by atoms with Gasteiger partial charge in [0.05, 0.1) is 0 Å². The van der Waals surface area contributed by atoms with E-state index < -0.39 is 0 Å². The first-order valence-electron chi connectivity index (χ1n) is 16.2. The molecule has 0 fully saturated rings. The van der Waals surface area contributed by atoms with Crippen molar-refractivity contribution in [3.8, 4) is 33.4 Å². The number of rotatable bonds is 4. The normalized spacial score (nSPS) is 12.1. The second-order valence-corrected chi connectivity index (χ2v) is 13.2. The lowest BCUT2D eigenvalue weighted by Gasteiger charge is -2.21. The number of benzene rings is 8. The molecule has 0 unspecified atom stereocenters. The van der Waals surface area contributed by atoms with Crippen molar-refractivity contribution in [3.05, 3.63) is 157 Å². The van der Waals surface area contributed by atoms with Crippen LogP contribution in [0.15, 0.2) is 156 Å². The Kier molecular flexibility index (Phi) is 6.12. The number of hydrogen-bond acceptors (Lipinski definition) is 2. The number of furan rings is 1. The molecule has 0 spiro atoms. The Morgan fingerprint density at radius 3 is 1.55 bits per heavy atom. The van der Waals surface area contributed by atoms with E-state index in [9.17, 15) is 0 Å². The minimum Gasteiger partial charge on any atom is -0.455 e. The van der Waals surface area contributed by atoms with Crippen LogP contribution in [-0.2, 0) is 5.54 Å². The van der Waals surface area contributed by atoms with Crippen LogP contribution in [0, 0.1) is 0 Å². The molecule has 1 heterocycles. The quantitative estimate of drug-likeness (QED) is 0.203. The van der Waals surface area contributed by atoms with Gasteiger partial charge in [0.25, 0.3) is 0 Å². The molecule has 2 heteroatoms. The molecule has 0 saturated heterocycles. The highest BCUT2D eigenvalue weighted by Crippen LogP contribution is 2.44. The van der Waals surface area contributed by atoms with Crippen molar-refractivity contribution in [2.24, 2.45) is 5.73 Å². The summed E-state index contributed by atoms with van der Waals surface area (Å²) in [5.74, 6) is 0. The van der Waals surface area contributed by atoms with Crippen LogP contribution in [0.4, 0.5) is 0 Å². The summed E-state index contributed by atoms with van der Waals surface area (Å²) in [6.07, 6.45) is 0. The Labute approximate surface area is 273 Å². The zero-order valence-corrected chi connectivity index (χ0v) is 26.4. The van der Waals surface area contributed by atoms with Crippen molar-refractivity contribution in [2.45, 2.75) is 19.4 Å². The minimum absolute atomic E-state index is 0.385. The third-order valence-electron chi connectivity index (χ3n) is 9.69. The molecule has 2 N–H and O–H groups in total. The van der Waals surface area contributed by atoms with Crippen LogP contribution < -0.4 is 5.73 Å². The van der Waals surface area contributed by atoms with Gasteiger partial charge in [0.15, 0.2) is 0 Å². The summed E-state index contributed by atoms with van der Waals surface area (Å²) in [5, 5.41) is 9.69. The highest BCUT2D eigenvalue weighted by molar-refractivity contribution is 6.21. The number of fused-ring (bicyclic) bond motifs is 6. The summed E-state index contributed by atoms with van der Waals surface area (Å²) >= 11 is 0. The smallest absolute Gasteiger partial charge is 0.143 e. The molecule has 2 nitrogen and oxygen atoms in total. The van der Waals surface area contributed by atoms with Crippen LogP contribution in [0.2, 0.25) is 0 Å². The molecule has 0 aliphatic rings. The fraction of sp³-hybridized carbons (Fsp3) is 0.0667. The first-order valence-corrected chi connectivity index (χ1v) is 16.2. The summed E-state index contributed by atoms with van der Waals surface area (Å²) in [6.45, 7) is 4.10. The zero-order chi connectivity index (χ0) is 31.7. The Morgan fingerprint density at radius 2 is 0.936 bits per heavy atom. The lowest BCUT2D eigenvalue weighted by Crippen LogP contribution is -2.28. The van der Waals surface area contributed by atoms with Crippen LogP contribution in [0.1, 0.15) is 19.4 Å². The van der Waals surface area contributed by atoms with E-state index in [4.69, 9.17) is 10.2 Å².